The molecule has 1 heterocycles. The lowest BCUT2D eigenvalue weighted by atomic mass is 10.2. The third-order valence-corrected chi connectivity index (χ3v) is 3.66. The zero-order chi connectivity index (χ0) is 12.3. The molecule has 88 valence electrons. The first-order chi connectivity index (χ1) is 8.16. The normalized spacial score (nSPS) is 10.5. The first-order valence-corrected chi connectivity index (χ1v) is 6.47. The number of nitrogens with two attached hydrogens (primary N) is 1. The molecular weight excluding hydrogens is 254 g/mol. The van der Waals surface area contributed by atoms with Gasteiger partial charge in [0.2, 0.25) is 0 Å². The average molecular weight is 266 g/mol. The second kappa shape index (κ2) is 5.38. The smallest absolute Gasteiger partial charge is 0.156 e. The molecule has 0 radical (unpaired) electrons. The number of benzene rings is 1. The van der Waals surface area contributed by atoms with Crippen LogP contribution in [-0.2, 0) is 5.75 Å². The van der Waals surface area contributed by atoms with Crippen molar-refractivity contribution in [2.24, 2.45) is 0 Å². The van der Waals surface area contributed by atoms with Crippen LogP contribution in [0, 0.1) is 6.92 Å². The summed E-state index contributed by atoms with van der Waals surface area (Å²) in [5.74, 6) is 1.20. The molecule has 0 unspecified atom stereocenters. The van der Waals surface area contributed by atoms with Crippen LogP contribution in [0.4, 0.5) is 5.82 Å². The molecule has 0 spiro atoms. The molecule has 2 N–H and O–H groups in total. The molecule has 2 aromatic rings. The lowest BCUT2D eigenvalue weighted by molar-refractivity contribution is 1.07. The number of aromatic nitrogens is 2. The Bertz CT molecular complexity index is 531. The molecule has 1 aromatic heterocycles. The van der Waals surface area contributed by atoms with Crippen LogP contribution in [0.2, 0.25) is 5.02 Å². The summed E-state index contributed by atoms with van der Waals surface area (Å²) in [6.07, 6.45) is 3.22. The van der Waals surface area contributed by atoms with E-state index in [1.165, 1.54) is 11.8 Å². The molecule has 2 rings (SSSR count). The maximum absolute atomic E-state index is 6.15. The third-order valence-electron chi connectivity index (χ3n) is 2.26. The van der Waals surface area contributed by atoms with Crippen LogP contribution in [0.1, 0.15) is 11.1 Å². The molecular formula is C12H12ClN3S. The van der Waals surface area contributed by atoms with Crippen LogP contribution in [0.25, 0.3) is 0 Å². The standard InChI is InChI=1S/C12H12ClN3S/c1-8-2-3-9(10(13)6-8)7-17-12-11(14)15-4-5-16-12/h2-6H,7H2,1H3,(H2,14,15). The Kier molecular flexibility index (Phi) is 3.86. The number of anilines is 1. The molecule has 0 fully saturated rings. The van der Waals surface area contributed by atoms with Crippen molar-refractivity contribution in [1.29, 1.82) is 0 Å². The second-order valence-electron chi connectivity index (χ2n) is 3.63. The largest absolute Gasteiger partial charge is 0.381 e. The molecule has 17 heavy (non-hydrogen) atoms. The van der Waals surface area contributed by atoms with Gasteiger partial charge in [-0.3, -0.25) is 0 Å². The number of nitrogens with zero attached hydrogens (tertiary/aromatic N) is 2. The monoisotopic (exact) mass is 265 g/mol. The topological polar surface area (TPSA) is 51.8 Å². The molecule has 1 aromatic carbocycles. The quantitative estimate of drug-likeness (QED) is 0.865. The minimum Gasteiger partial charge on any atom is -0.381 e. The molecule has 0 aliphatic rings. The van der Waals surface area contributed by atoms with E-state index >= 15 is 0 Å². The first kappa shape index (κ1) is 12.2. The Morgan fingerprint density at radius 3 is 2.76 bits per heavy atom. The maximum Gasteiger partial charge on any atom is 0.156 e. The molecule has 0 atom stereocenters. The van der Waals surface area contributed by atoms with Crippen LogP contribution in [0.15, 0.2) is 35.6 Å². The van der Waals surface area contributed by atoms with Crippen molar-refractivity contribution in [3.63, 3.8) is 0 Å². The number of thioether (sulfide) groups is 1. The molecule has 0 aliphatic carbocycles. The van der Waals surface area contributed by atoms with E-state index in [2.05, 4.69) is 9.97 Å². The fourth-order valence-corrected chi connectivity index (χ4v) is 2.62. The SMILES string of the molecule is Cc1ccc(CSc2nccnc2N)c(Cl)c1. The number of hydrogen-bond acceptors (Lipinski definition) is 4. The highest BCUT2D eigenvalue weighted by molar-refractivity contribution is 7.98. The van der Waals surface area contributed by atoms with Gasteiger partial charge in [0.05, 0.1) is 0 Å². The van der Waals surface area contributed by atoms with Crippen LogP contribution < -0.4 is 5.73 Å². The number of nitrogen functional groups attached to an aromatic ring is 1. The molecule has 5 heteroatoms. The predicted octanol–water partition coefficient (Wildman–Crippen LogP) is 3.31. The number of hydrogen-bond donors (Lipinski definition) is 1. The predicted molar refractivity (Wildman–Crippen MR) is 72.2 cm³/mol. The van der Waals surface area contributed by atoms with Crippen LogP contribution in [-0.4, -0.2) is 9.97 Å². The summed E-state index contributed by atoms with van der Waals surface area (Å²) >= 11 is 7.69. The summed E-state index contributed by atoms with van der Waals surface area (Å²) in [4.78, 5) is 8.16. The Balaban J connectivity index is 2.10. The van der Waals surface area contributed by atoms with Crippen LogP contribution in [0.3, 0.4) is 0 Å². The van der Waals surface area contributed by atoms with E-state index in [-0.39, 0.29) is 0 Å². The molecule has 0 aliphatic heterocycles. The number of aryl methyl sites for hydroxylation is 1. The van der Waals surface area contributed by atoms with Crippen molar-refractivity contribution in [2.45, 2.75) is 17.7 Å². The zero-order valence-corrected chi connectivity index (χ0v) is 10.9. The van der Waals surface area contributed by atoms with E-state index in [9.17, 15) is 0 Å². The van der Waals surface area contributed by atoms with E-state index in [1.54, 1.807) is 12.4 Å². The Morgan fingerprint density at radius 2 is 2.06 bits per heavy atom. The Labute approximate surface area is 109 Å². The number of rotatable bonds is 3. The lowest BCUT2D eigenvalue weighted by Gasteiger charge is -2.05. The van der Waals surface area contributed by atoms with Gasteiger partial charge in [-0.2, -0.15) is 0 Å². The highest BCUT2D eigenvalue weighted by atomic mass is 35.5. The summed E-state index contributed by atoms with van der Waals surface area (Å²) in [6, 6.07) is 6.02. The van der Waals surface area contributed by atoms with Crippen molar-refractivity contribution >= 4 is 29.2 Å². The molecule has 0 saturated heterocycles. The van der Waals surface area contributed by atoms with Gasteiger partial charge in [0, 0.05) is 23.2 Å². The van der Waals surface area contributed by atoms with Gasteiger partial charge in [-0.15, -0.1) is 0 Å². The fourth-order valence-electron chi connectivity index (χ4n) is 1.36. The second-order valence-corrected chi connectivity index (χ2v) is 5.00. The summed E-state index contributed by atoms with van der Waals surface area (Å²) < 4.78 is 0. The van der Waals surface area contributed by atoms with Gasteiger partial charge >= 0.3 is 0 Å². The van der Waals surface area contributed by atoms with Crippen molar-refractivity contribution in [3.05, 3.63) is 46.7 Å². The lowest BCUT2D eigenvalue weighted by Crippen LogP contribution is -1.95. The van der Waals surface area contributed by atoms with Gasteiger partial charge in [-0.1, -0.05) is 35.5 Å². The Morgan fingerprint density at radius 1 is 1.29 bits per heavy atom. The van der Waals surface area contributed by atoms with Crippen LogP contribution in [0.5, 0.6) is 0 Å². The van der Waals surface area contributed by atoms with Gasteiger partial charge < -0.3 is 5.73 Å². The van der Waals surface area contributed by atoms with Gasteiger partial charge in [-0.25, -0.2) is 9.97 Å². The molecule has 0 bridgehead atoms. The van der Waals surface area contributed by atoms with Gasteiger partial charge in [0.25, 0.3) is 0 Å². The van der Waals surface area contributed by atoms with Crippen molar-refractivity contribution in [1.82, 2.24) is 9.97 Å². The average Bonchev–Trinajstić information content (AvgIpc) is 2.30. The minimum atomic E-state index is 0.459. The van der Waals surface area contributed by atoms with E-state index in [0.717, 1.165) is 26.9 Å². The zero-order valence-electron chi connectivity index (χ0n) is 9.35. The van der Waals surface area contributed by atoms with E-state index in [0.29, 0.717) is 5.82 Å². The molecule has 0 amide bonds. The van der Waals surface area contributed by atoms with Crippen LogP contribution >= 0.6 is 23.4 Å². The van der Waals surface area contributed by atoms with E-state index in [1.807, 2.05) is 25.1 Å². The first-order valence-electron chi connectivity index (χ1n) is 5.11. The van der Waals surface area contributed by atoms with Crippen molar-refractivity contribution in [3.8, 4) is 0 Å². The summed E-state index contributed by atoms with van der Waals surface area (Å²) in [6.45, 7) is 2.02. The third kappa shape index (κ3) is 3.11. The van der Waals surface area contributed by atoms with E-state index in [4.69, 9.17) is 17.3 Å². The van der Waals surface area contributed by atoms with Gasteiger partial charge in [0.15, 0.2) is 5.82 Å². The highest BCUT2D eigenvalue weighted by Gasteiger charge is 2.05. The van der Waals surface area contributed by atoms with Gasteiger partial charge in [-0.05, 0) is 24.1 Å². The molecule has 0 saturated carbocycles. The highest BCUT2D eigenvalue weighted by Crippen LogP contribution is 2.28. The van der Waals surface area contributed by atoms with Crippen molar-refractivity contribution in [2.75, 3.05) is 5.73 Å². The summed E-state index contributed by atoms with van der Waals surface area (Å²) in [7, 11) is 0. The van der Waals surface area contributed by atoms with Gasteiger partial charge in [0.1, 0.15) is 5.03 Å². The summed E-state index contributed by atoms with van der Waals surface area (Å²) in [5.41, 5.74) is 7.95. The summed E-state index contributed by atoms with van der Waals surface area (Å²) in [5, 5.41) is 1.52. The minimum absolute atomic E-state index is 0.459. The maximum atomic E-state index is 6.15. The fraction of sp³-hybridized carbons (Fsp3) is 0.167. The molecule has 3 nitrogen and oxygen atoms in total. The Hall–Kier alpha value is -1.26. The number of halogens is 1. The van der Waals surface area contributed by atoms with E-state index < -0.39 is 0 Å². The van der Waals surface area contributed by atoms with Crippen molar-refractivity contribution < 1.29 is 0 Å².